The van der Waals surface area contributed by atoms with Gasteiger partial charge in [-0.05, 0) is 47.4 Å². The highest BCUT2D eigenvalue weighted by Gasteiger charge is 2.66. The first-order chi connectivity index (χ1) is 20.4. The van der Waals surface area contributed by atoms with Gasteiger partial charge in [-0.2, -0.15) is 18.4 Å². The van der Waals surface area contributed by atoms with Crippen LogP contribution in [0.4, 0.5) is 24.5 Å². The fourth-order valence-corrected chi connectivity index (χ4v) is 5.50. The molecular formula is C31H28ClF3N8. The Bertz CT molecular complexity index is 1880. The van der Waals surface area contributed by atoms with E-state index in [4.69, 9.17) is 11.6 Å². The molecule has 8 nitrogen and oxygen atoms in total. The lowest BCUT2D eigenvalue weighted by molar-refractivity contribution is -0.182. The number of halogens is 4. The molecule has 3 aromatic heterocycles. The molecule has 5 aromatic rings. The Morgan fingerprint density at radius 2 is 1.91 bits per heavy atom. The van der Waals surface area contributed by atoms with Gasteiger partial charge >= 0.3 is 6.18 Å². The molecule has 43 heavy (non-hydrogen) atoms. The van der Waals surface area contributed by atoms with E-state index in [2.05, 4.69) is 57.8 Å². The van der Waals surface area contributed by atoms with Crippen LogP contribution < -0.4 is 10.6 Å². The first-order valence-corrected chi connectivity index (χ1v) is 14.1. The van der Waals surface area contributed by atoms with E-state index in [9.17, 15) is 18.4 Å². The first-order valence-electron chi connectivity index (χ1n) is 13.8. The number of nitrogens with one attached hydrogen (secondary N) is 2. The Morgan fingerprint density at radius 3 is 2.60 bits per heavy atom. The zero-order chi connectivity index (χ0) is 30.6. The minimum Gasteiger partial charge on any atom is -0.383 e. The summed E-state index contributed by atoms with van der Waals surface area (Å²) in [5.74, 6) is 0. The third-order valence-electron chi connectivity index (χ3n) is 7.67. The minimum absolute atomic E-state index is 0.0455. The Labute approximate surface area is 250 Å². The van der Waals surface area contributed by atoms with Crippen LogP contribution in [0.25, 0.3) is 21.7 Å². The highest BCUT2D eigenvalue weighted by Crippen LogP contribution is 2.55. The number of hydrogen-bond donors (Lipinski definition) is 2. The molecule has 1 unspecified atom stereocenters. The lowest BCUT2D eigenvalue weighted by atomic mass is 9.96. The summed E-state index contributed by atoms with van der Waals surface area (Å²) in [6, 6.07) is 12.6. The van der Waals surface area contributed by atoms with E-state index in [0.717, 1.165) is 21.0 Å². The van der Waals surface area contributed by atoms with Gasteiger partial charge in [0.2, 0.25) is 0 Å². The predicted molar refractivity (Wildman–Crippen MR) is 160 cm³/mol. The molecule has 1 aliphatic rings. The molecule has 6 rings (SSSR count). The summed E-state index contributed by atoms with van der Waals surface area (Å²) >= 11 is 6.73. The van der Waals surface area contributed by atoms with Crippen molar-refractivity contribution in [3.63, 3.8) is 0 Å². The zero-order valence-electron chi connectivity index (χ0n) is 23.7. The van der Waals surface area contributed by atoms with Gasteiger partial charge in [0.15, 0.2) is 5.54 Å². The average Bonchev–Trinajstić information content (AvgIpc) is 3.65. The molecule has 1 atom stereocenters. The molecule has 0 saturated heterocycles. The van der Waals surface area contributed by atoms with Crippen LogP contribution in [0.5, 0.6) is 0 Å². The molecule has 3 heterocycles. The molecule has 1 saturated carbocycles. The normalized spacial score (nSPS) is 15.3. The Morgan fingerprint density at radius 1 is 1.12 bits per heavy atom. The fraction of sp³-hybridized carbons (Fsp3) is 0.323. The summed E-state index contributed by atoms with van der Waals surface area (Å²) in [5, 5.41) is 27.6. The van der Waals surface area contributed by atoms with E-state index in [1.165, 1.54) is 12.4 Å². The van der Waals surface area contributed by atoms with Crippen LogP contribution in [-0.2, 0) is 5.54 Å². The SMILES string of the molecule is CC(C)(C)CNc1c(C#N)cnc2c(Cl)cc(NC(c3cn(C4(C(F)(F)F)CC4)nn3)c3cccc4cnccc34)cc12. The molecule has 1 fully saturated rings. The van der Waals surface area contributed by atoms with Crippen LogP contribution in [0.2, 0.25) is 5.02 Å². The van der Waals surface area contributed by atoms with Gasteiger partial charge in [-0.3, -0.25) is 9.97 Å². The first kappa shape index (κ1) is 28.7. The standard InChI is InChI=1S/C31H28ClF3N8/c1-29(2,3)17-39-26-19(13-36)15-38-27-23(26)11-20(12-24(27)32)40-28(22-6-4-5-18-14-37-10-7-21(18)22)25-16-43(42-41-25)30(8-9-30)31(33,34)35/h4-7,10-12,14-16,28,40H,8-9,17H2,1-3H3,(H,38,39). The summed E-state index contributed by atoms with van der Waals surface area (Å²) in [6.45, 7) is 6.83. The molecule has 2 aromatic carbocycles. The van der Waals surface area contributed by atoms with Crippen molar-refractivity contribution >= 4 is 44.7 Å². The third-order valence-corrected chi connectivity index (χ3v) is 7.96. The number of alkyl halides is 3. The molecule has 12 heteroatoms. The Balaban J connectivity index is 1.49. The highest BCUT2D eigenvalue weighted by molar-refractivity contribution is 6.35. The number of fused-ring (bicyclic) bond motifs is 2. The molecule has 220 valence electrons. The predicted octanol–water partition coefficient (Wildman–Crippen LogP) is 7.61. The summed E-state index contributed by atoms with van der Waals surface area (Å²) in [6.07, 6.45) is 1.72. The third kappa shape index (κ3) is 5.31. The molecular weight excluding hydrogens is 577 g/mol. The van der Waals surface area contributed by atoms with Crippen LogP contribution in [0.3, 0.4) is 0 Å². The topological polar surface area (TPSA) is 104 Å². The van der Waals surface area contributed by atoms with E-state index < -0.39 is 17.8 Å². The monoisotopic (exact) mass is 604 g/mol. The second kappa shape index (κ2) is 10.4. The number of benzene rings is 2. The Hall–Kier alpha value is -4.43. The van der Waals surface area contributed by atoms with Gasteiger partial charge in [0, 0.05) is 41.6 Å². The van der Waals surface area contributed by atoms with E-state index in [1.54, 1.807) is 18.5 Å². The van der Waals surface area contributed by atoms with Gasteiger partial charge in [0.05, 0.1) is 34.0 Å². The van der Waals surface area contributed by atoms with Crippen molar-refractivity contribution in [2.75, 3.05) is 17.2 Å². The second-order valence-electron chi connectivity index (χ2n) is 12.1. The number of aromatic nitrogens is 5. The maximum Gasteiger partial charge on any atom is 0.413 e. The number of rotatable bonds is 7. The lowest BCUT2D eigenvalue weighted by Gasteiger charge is -2.23. The van der Waals surface area contributed by atoms with Crippen molar-refractivity contribution in [2.45, 2.75) is 51.4 Å². The summed E-state index contributed by atoms with van der Waals surface area (Å²) in [7, 11) is 0. The molecule has 2 N–H and O–H groups in total. The number of nitrogens with zero attached hydrogens (tertiary/aromatic N) is 6. The van der Waals surface area contributed by atoms with Crippen LogP contribution in [-0.4, -0.2) is 37.7 Å². The molecule has 1 aliphatic carbocycles. The zero-order valence-corrected chi connectivity index (χ0v) is 24.4. The van der Waals surface area contributed by atoms with Gasteiger partial charge in [-0.25, -0.2) is 4.68 Å². The van der Waals surface area contributed by atoms with Gasteiger partial charge in [-0.1, -0.05) is 55.8 Å². The number of hydrogen-bond acceptors (Lipinski definition) is 7. The largest absolute Gasteiger partial charge is 0.413 e. The average molecular weight is 605 g/mol. The van der Waals surface area contributed by atoms with E-state index in [-0.39, 0.29) is 18.3 Å². The van der Waals surface area contributed by atoms with Crippen molar-refractivity contribution < 1.29 is 13.2 Å². The molecule has 0 spiro atoms. The Kier molecular flexibility index (Phi) is 6.92. The van der Waals surface area contributed by atoms with Crippen molar-refractivity contribution in [1.82, 2.24) is 25.0 Å². The lowest BCUT2D eigenvalue weighted by Crippen LogP contribution is -2.35. The quantitative estimate of drug-likeness (QED) is 0.197. The van der Waals surface area contributed by atoms with Crippen LogP contribution in [0.15, 0.2) is 61.2 Å². The van der Waals surface area contributed by atoms with E-state index in [0.29, 0.717) is 45.1 Å². The summed E-state index contributed by atoms with van der Waals surface area (Å²) < 4.78 is 42.8. The number of pyridine rings is 2. The molecule has 0 bridgehead atoms. The maximum absolute atomic E-state index is 13.9. The van der Waals surface area contributed by atoms with Crippen LogP contribution in [0.1, 0.15) is 56.5 Å². The van der Waals surface area contributed by atoms with Crippen LogP contribution in [0, 0.1) is 16.7 Å². The van der Waals surface area contributed by atoms with Gasteiger partial charge < -0.3 is 10.6 Å². The minimum atomic E-state index is -4.44. The smallest absolute Gasteiger partial charge is 0.383 e. The van der Waals surface area contributed by atoms with Crippen molar-refractivity contribution in [3.8, 4) is 6.07 Å². The highest BCUT2D eigenvalue weighted by atomic mass is 35.5. The van der Waals surface area contributed by atoms with Gasteiger partial charge in [0.25, 0.3) is 0 Å². The van der Waals surface area contributed by atoms with E-state index in [1.807, 2.05) is 30.3 Å². The fourth-order valence-electron chi connectivity index (χ4n) is 5.23. The molecule has 0 amide bonds. The van der Waals surface area contributed by atoms with Crippen molar-refractivity contribution in [3.05, 3.63) is 83.0 Å². The number of nitriles is 1. The number of anilines is 2. The van der Waals surface area contributed by atoms with Gasteiger partial charge in [-0.15, -0.1) is 5.10 Å². The van der Waals surface area contributed by atoms with Gasteiger partial charge in [0.1, 0.15) is 11.8 Å². The van der Waals surface area contributed by atoms with Crippen LogP contribution >= 0.6 is 11.6 Å². The second-order valence-corrected chi connectivity index (χ2v) is 12.5. The van der Waals surface area contributed by atoms with E-state index >= 15 is 0 Å². The maximum atomic E-state index is 13.9. The summed E-state index contributed by atoms with van der Waals surface area (Å²) in [4.78, 5) is 8.65. The summed E-state index contributed by atoms with van der Waals surface area (Å²) in [5.41, 5.74) is 1.03. The molecule has 0 radical (unpaired) electrons. The van der Waals surface area contributed by atoms with Crippen molar-refractivity contribution in [2.24, 2.45) is 5.41 Å². The molecule has 0 aliphatic heterocycles. The van der Waals surface area contributed by atoms with Crippen molar-refractivity contribution in [1.29, 1.82) is 5.26 Å².